The smallest absolute Gasteiger partial charge is 0.338 e. The molecule has 0 amide bonds. The normalized spacial score (nSPS) is 15.6. The first-order chi connectivity index (χ1) is 21.4. The molecule has 2 aromatic heterocycles. The monoisotopic (exact) mass is 631 g/mol. The molecule has 4 aromatic rings. The first kappa shape index (κ1) is 29.3. The Morgan fingerprint density at radius 3 is 2.73 bits per heavy atom. The van der Waals surface area contributed by atoms with Gasteiger partial charge >= 0.3 is 5.97 Å². The molecule has 1 atom stereocenters. The van der Waals surface area contributed by atoms with Crippen molar-refractivity contribution in [1.82, 2.24) is 14.5 Å². The summed E-state index contributed by atoms with van der Waals surface area (Å²) >= 11 is 2.36. The van der Waals surface area contributed by atoms with Gasteiger partial charge in [0.2, 0.25) is 6.79 Å². The highest BCUT2D eigenvalue weighted by atomic mass is 32.2. The lowest BCUT2D eigenvalue weighted by Crippen LogP contribution is -2.40. The molecule has 0 bridgehead atoms. The molecule has 0 fully saturated rings. The number of ether oxygens (including phenoxy) is 3. The quantitative estimate of drug-likeness (QED) is 0.114. The first-order valence-electron chi connectivity index (χ1n) is 13.7. The van der Waals surface area contributed by atoms with Crippen LogP contribution in [0.15, 0.2) is 86.0 Å². The zero-order chi connectivity index (χ0) is 30.8. The highest BCUT2D eigenvalue weighted by molar-refractivity contribution is 7.99. The molecule has 0 spiro atoms. The largest absolute Gasteiger partial charge is 0.463 e. The number of hydrogen-bond donors (Lipinski definition) is 0. The Kier molecular flexibility index (Phi) is 8.26. The number of aromatic nitrogens is 3. The van der Waals surface area contributed by atoms with Gasteiger partial charge in [0.1, 0.15) is 0 Å². The zero-order valence-corrected chi connectivity index (χ0v) is 25.2. The van der Waals surface area contributed by atoms with Gasteiger partial charge in [0, 0.05) is 29.4 Å². The minimum atomic E-state index is -0.847. The lowest BCUT2D eigenvalue weighted by atomic mass is 9.94. The van der Waals surface area contributed by atoms with Gasteiger partial charge in [-0.3, -0.25) is 19.5 Å². The molecule has 2 aromatic carbocycles. The molecule has 0 saturated carbocycles. The molecule has 2 aliphatic heterocycles. The van der Waals surface area contributed by atoms with Crippen molar-refractivity contribution < 1.29 is 23.9 Å². The minimum Gasteiger partial charge on any atom is -0.463 e. The van der Waals surface area contributed by atoms with E-state index in [4.69, 9.17) is 19.2 Å². The van der Waals surface area contributed by atoms with E-state index in [1.54, 1.807) is 55.7 Å². The van der Waals surface area contributed by atoms with Crippen LogP contribution in [0.5, 0.6) is 11.5 Å². The molecule has 44 heavy (non-hydrogen) atoms. The topological polar surface area (TPSA) is 148 Å². The van der Waals surface area contributed by atoms with Crippen LogP contribution in [0.25, 0.3) is 6.08 Å². The maximum absolute atomic E-state index is 14.2. The molecule has 224 valence electrons. The first-order valence-corrected chi connectivity index (χ1v) is 15.4. The van der Waals surface area contributed by atoms with Crippen molar-refractivity contribution in [2.24, 2.45) is 4.99 Å². The number of nitro benzene ring substituents is 1. The van der Waals surface area contributed by atoms with Crippen LogP contribution in [0.1, 0.15) is 43.9 Å². The van der Waals surface area contributed by atoms with Crippen molar-refractivity contribution in [3.05, 3.63) is 107 Å². The highest BCUT2D eigenvalue weighted by Gasteiger charge is 2.35. The average molecular weight is 632 g/mol. The van der Waals surface area contributed by atoms with Gasteiger partial charge in [-0.05, 0) is 66.6 Å². The van der Waals surface area contributed by atoms with Gasteiger partial charge in [-0.15, -0.1) is 0 Å². The van der Waals surface area contributed by atoms with Crippen LogP contribution in [0, 0.1) is 10.1 Å². The second-order valence-electron chi connectivity index (χ2n) is 9.64. The molecule has 0 N–H and O–H groups in total. The maximum Gasteiger partial charge on any atom is 0.338 e. The van der Waals surface area contributed by atoms with Crippen molar-refractivity contribution in [3.8, 4) is 11.5 Å². The number of fused-ring (bicyclic) bond motifs is 2. The zero-order valence-electron chi connectivity index (χ0n) is 23.6. The third kappa shape index (κ3) is 5.61. The molecule has 2 aliphatic rings. The van der Waals surface area contributed by atoms with Crippen molar-refractivity contribution >= 4 is 40.8 Å². The number of thiazole rings is 1. The highest BCUT2D eigenvalue weighted by Crippen LogP contribution is 2.39. The Morgan fingerprint density at radius 2 is 1.98 bits per heavy atom. The molecule has 0 radical (unpaired) electrons. The number of hydrogen-bond acceptors (Lipinski definition) is 12. The lowest BCUT2D eigenvalue weighted by Gasteiger charge is -2.25. The molecule has 0 unspecified atom stereocenters. The van der Waals surface area contributed by atoms with E-state index in [1.165, 1.54) is 28.5 Å². The Morgan fingerprint density at radius 1 is 1.18 bits per heavy atom. The van der Waals surface area contributed by atoms with Crippen LogP contribution < -0.4 is 24.4 Å². The van der Waals surface area contributed by atoms with E-state index in [9.17, 15) is 19.7 Å². The van der Waals surface area contributed by atoms with E-state index in [2.05, 4.69) is 9.97 Å². The van der Waals surface area contributed by atoms with Crippen molar-refractivity contribution in [3.63, 3.8) is 0 Å². The number of carbonyl (C=O) groups excluding carboxylic acids is 1. The summed E-state index contributed by atoms with van der Waals surface area (Å²) < 4.78 is 18.3. The van der Waals surface area contributed by atoms with E-state index in [-0.39, 0.29) is 29.2 Å². The maximum atomic E-state index is 14.2. The fourth-order valence-electron chi connectivity index (χ4n) is 4.95. The fourth-order valence-corrected chi connectivity index (χ4v) is 6.76. The average Bonchev–Trinajstić information content (AvgIpc) is 3.61. The van der Waals surface area contributed by atoms with E-state index >= 15 is 0 Å². The summed E-state index contributed by atoms with van der Waals surface area (Å²) in [6.45, 7) is 3.92. The van der Waals surface area contributed by atoms with Crippen LogP contribution >= 0.6 is 23.1 Å². The van der Waals surface area contributed by atoms with Crippen LogP contribution in [0.4, 0.5) is 5.69 Å². The van der Waals surface area contributed by atoms with Gasteiger partial charge in [0.25, 0.3) is 11.2 Å². The van der Waals surface area contributed by atoms with Crippen LogP contribution in [-0.2, 0) is 9.53 Å². The summed E-state index contributed by atoms with van der Waals surface area (Å²) in [4.78, 5) is 53.1. The molecule has 4 heterocycles. The number of allylic oxidation sites excluding steroid dienone is 1. The lowest BCUT2D eigenvalue weighted by molar-refractivity contribution is -0.384. The predicted octanol–water partition coefficient (Wildman–Crippen LogP) is 4.16. The molecular weight excluding hydrogens is 606 g/mol. The standard InChI is InChI=1S/C30H25N5O7S2/c1-3-6-20-25(28(37)40-4-2)26(17-7-9-21-22(14-17)42-16-41-21)34-27(36)24(44-30(34)33-20)15-18-13-19(35(38)39)8-10-23(18)43-29-31-11-5-12-32-29/h5,7-15,26H,3-4,6,16H2,1-2H3/b24-15+/t26-/m1/s1. The number of non-ortho nitro benzene ring substituents is 1. The third-order valence-electron chi connectivity index (χ3n) is 6.84. The van der Waals surface area contributed by atoms with E-state index in [0.29, 0.717) is 56.0 Å². The van der Waals surface area contributed by atoms with Crippen LogP contribution in [0.3, 0.4) is 0 Å². The molecule has 6 rings (SSSR count). The van der Waals surface area contributed by atoms with Crippen molar-refractivity contribution in [2.45, 2.75) is 42.8 Å². The van der Waals surface area contributed by atoms with E-state index in [1.807, 2.05) is 6.92 Å². The summed E-state index contributed by atoms with van der Waals surface area (Å²) in [6.07, 6.45) is 6.00. The van der Waals surface area contributed by atoms with Gasteiger partial charge in [-0.2, -0.15) is 0 Å². The van der Waals surface area contributed by atoms with Gasteiger partial charge in [0.05, 0.1) is 33.4 Å². The number of benzene rings is 2. The second kappa shape index (κ2) is 12.4. The van der Waals surface area contributed by atoms with Crippen LogP contribution in [0.2, 0.25) is 0 Å². The Hall–Kier alpha value is -4.82. The summed E-state index contributed by atoms with van der Waals surface area (Å²) in [5.74, 6) is 0.509. The Bertz CT molecular complexity index is 1990. The predicted molar refractivity (Wildman–Crippen MR) is 161 cm³/mol. The molecular formula is C30H25N5O7S2. The number of rotatable bonds is 9. The van der Waals surface area contributed by atoms with E-state index in [0.717, 1.165) is 11.3 Å². The molecule has 14 heteroatoms. The third-order valence-corrected chi connectivity index (χ3v) is 8.81. The van der Waals surface area contributed by atoms with Gasteiger partial charge < -0.3 is 14.2 Å². The number of nitrogens with zero attached hydrogens (tertiary/aromatic N) is 5. The Balaban J connectivity index is 1.56. The van der Waals surface area contributed by atoms with E-state index < -0.39 is 22.5 Å². The van der Waals surface area contributed by atoms with Gasteiger partial charge in [-0.25, -0.2) is 19.8 Å². The number of esters is 1. The van der Waals surface area contributed by atoms with Crippen LogP contribution in [-0.4, -0.2) is 38.8 Å². The molecule has 12 nitrogen and oxygen atoms in total. The van der Waals surface area contributed by atoms with Crippen molar-refractivity contribution in [1.29, 1.82) is 0 Å². The second-order valence-corrected chi connectivity index (χ2v) is 11.7. The SMILES string of the molecule is CCCC1=C(C(=O)OCC)[C@@H](c2ccc3c(c2)OCO3)n2c(s/c(=C/c3cc([N+](=O)[O-])ccc3Sc3ncccn3)c2=O)=N1. The van der Waals surface area contributed by atoms with Gasteiger partial charge in [0.15, 0.2) is 21.5 Å². The fraction of sp³-hybridized carbons (Fsp3) is 0.233. The summed E-state index contributed by atoms with van der Waals surface area (Å²) in [6, 6.07) is 10.5. The number of nitro groups is 1. The summed E-state index contributed by atoms with van der Waals surface area (Å²) in [5, 5.41) is 12.1. The summed E-state index contributed by atoms with van der Waals surface area (Å²) in [5.41, 5.74) is 1.34. The van der Waals surface area contributed by atoms with Crippen molar-refractivity contribution in [2.75, 3.05) is 13.4 Å². The Labute approximate surface area is 258 Å². The molecule has 0 aliphatic carbocycles. The summed E-state index contributed by atoms with van der Waals surface area (Å²) in [7, 11) is 0. The number of carbonyl (C=O) groups is 1. The molecule has 0 saturated heterocycles. The minimum absolute atomic E-state index is 0.0702. The van der Waals surface area contributed by atoms with Gasteiger partial charge in [-0.1, -0.05) is 30.7 Å².